The highest BCUT2D eigenvalue weighted by Crippen LogP contribution is 2.21. The van der Waals surface area contributed by atoms with E-state index in [4.69, 9.17) is 9.84 Å². The molecule has 0 saturated heterocycles. The third kappa shape index (κ3) is 3.55. The summed E-state index contributed by atoms with van der Waals surface area (Å²) in [5, 5.41) is 12.7. The van der Waals surface area contributed by atoms with Gasteiger partial charge in [-0.1, -0.05) is 24.3 Å². The van der Waals surface area contributed by atoms with Crippen molar-refractivity contribution in [3.63, 3.8) is 0 Å². The molecule has 1 aliphatic carbocycles. The van der Waals surface area contributed by atoms with Crippen molar-refractivity contribution in [2.75, 3.05) is 20.3 Å². The lowest BCUT2D eigenvalue weighted by atomic mass is 9.88. The summed E-state index contributed by atoms with van der Waals surface area (Å²) in [5.41, 5.74) is 2.95. The second kappa shape index (κ2) is 6.88. The Balaban J connectivity index is 1.91. The highest BCUT2D eigenvalue weighted by Gasteiger charge is 2.20. The minimum absolute atomic E-state index is 0.213. The molecule has 2 unspecified atom stereocenters. The number of methoxy groups -OCH3 is 1. The van der Waals surface area contributed by atoms with Crippen molar-refractivity contribution >= 4 is 0 Å². The molecule has 0 fully saturated rings. The van der Waals surface area contributed by atoms with Gasteiger partial charge >= 0.3 is 0 Å². The first-order chi connectivity index (χ1) is 8.83. The molecule has 0 radical (unpaired) electrons. The number of aliphatic hydroxyl groups excluding tert-OH is 1. The molecule has 0 bridgehead atoms. The monoisotopic (exact) mass is 249 g/mol. The Bertz CT molecular complexity index is 361. The molecule has 3 nitrogen and oxygen atoms in total. The number of ether oxygens (including phenoxy) is 1. The summed E-state index contributed by atoms with van der Waals surface area (Å²) in [4.78, 5) is 0. The van der Waals surface area contributed by atoms with Crippen LogP contribution in [-0.4, -0.2) is 37.5 Å². The molecule has 2 atom stereocenters. The minimum atomic E-state index is 0.213. The molecule has 1 aromatic carbocycles. The topological polar surface area (TPSA) is 41.5 Å². The SMILES string of the molecule is COCC(CCO)NC1CCc2ccccc2C1. The number of nitrogens with one attached hydrogen (secondary N) is 1. The summed E-state index contributed by atoms with van der Waals surface area (Å²) in [6.45, 7) is 0.878. The molecule has 0 aliphatic heterocycles. The Labute approximate surface area is 109 Å². The first kappa shape index (κ1) is 13.5. The second-order valence-corrected chi connectivity index (χ2v) is 5.04. The van der Waals surface area contributed by atoms with E-state index in [1.54, 1.807) is 7.11 Å². The molecule has 2 N–H and O–H groups in total. The molecular weight excluding hydrogens is 226 g/mol. The van der Waals surface area contributed by atoms with Crippen LogP contribution in [0.2, 0.25) is 0 Å². The van der Waals surface area contributed by atoms with Crippen molar-refractivity contribution in [3.05, 3.63) is 35.4 Å². The Kier molecular flexibility index (Phi) is 5.17. The predicted molar refractivity (Wildman–Crippen MR) is 72.8 cm³/mol. The van der Waals surface area contributed by atoms with Gasteiger partial charge < -0.3 is 15.2 Å². The van der Waals surface area contributed by atoms with Crippen molar-refractivity contribution in [3.8, 4) is 0 Å². The molecule has 1 aromatic rings. The highest BCUT2D eigenvalue weighted by molar-refractivity contribution is 5.30. The average molecular weight is 249 g/mol. The van der Waals surface area contributed by atoms with Crippen LogP contribution in [0.15, 0.2) is 24.3 Å². The second-order valence-electron chi connectivity index (χ2n) is 5.04. The van der Waals surface area contributed by atoms with Gasteiger partial charge in [0, 0.05) is 25.8 Å². The van der Waals surface area contributed by atoms with E-state index >= 15 is 0 Å². The summed E-state index contributed by atoms with van der Waals surface area (Å²) in [7, 11) is 1.71. The van der Waals surface area contributed by atoms with E-state index < -0.39 is 0 Å². The highest BCUT2D eigenvalue weighted by atomic mass is 16.5. The lowest BCUT2D eigenvalue weighted by Gasteiger charge is -2.29. The smallest absolute Gasteiger partial charge is 0.0616 e. The van der Waals surface area contributed by atoms with Crippen molar-refractivity contribution < 1.29 is 9.84 Å². The Morgan fingerprint density at radius 2 is 2.17 bits per heavy atom. The van der Waals surface area contributed by atoms with Gasteiger partial charge in [-0.25, -0.2) is 0 Å². The van der Waals surface area contributed by atoms with Gasteiger partial charge in [0.05, 0.1) is 6.61 Å². The molecule has 1 aliphatic rings. The molecule has 0 heterocycles. The average Bonchev–Trinajstić information content (AvgIpc) is 2.39. The maximum Gasteiger partial charge on any atom is 0.0616 e. The van der Waals surface area contributed by atoms with E-state index in [0.717, 1.165) is 19.3 Å². The number of benzene rings is 1. The lowest BCUT2D eigenvalue weighted by molar-refractivity contribution is 0.141. The van der Waals surface area contributed by atoms with Gasteiger partial charge in [0.25, 0.3) is 0 Å². The van der Waals surface area contributed by atoms with Gasteiger partial charge in [0.2, 0.25) is 0 Å². The minimum Gasteiger partial charge on any atom is -0.396 e. The van der Waals surface area contributed by atoms with Crippen LogP contribution in [0.3, 0.4) is 0 Å². The normalized spacial score (nSPS) is 20.4. The molecule has 0 spiro atoms. The first-order valence-corrected chi connectivity index (χ1v) is 6.76. The van der Waals surface area contributed by atoms with Gasteiger partial charge in [-0.3, -0.25) is 0 Å². The van der Waals surface area contributed by atoms with Crippen molar-refractivity contribution in [2.45, 2.75) is 37.8 Å². The van der Waals surface area contributed by atoms with E-state index in [-0.39, 0.29) is 12.6 Å². The van der Waals surface area contributed by atoms with Crippen LogP contribution in [0.1, 0.15) is 24.0 Å². The number of fused-ring (bicyclic) bond motifs is 1. The third-order valence-corrected chi connectivity index (χ3v) is 3.66. The maximum absolute atomic E-state index is 9.06. The third-order valence-electron chi connectivity index (χ3n) is 3.66. The number of hydrogen-bond donors (Lipinski definition) is 2. The number of aryl methyl sites for hydroxylation is 1. The molecule has 0 amide bonds. The fraction of sp³-hybridized carbons (Fsp3) is 0.600. The molecule has 0 saturated carbocycles. The number of aliphatic hydroxyl groups is 1. The molecule has 2 rings (SSSR count). The zero-order chi connectivity index (χ0) is 12.8. The maximum atomic E-state index is 9.06. The summed E-state index contributed by atoms with van der Waals surface area (Å²) >= 11 is 0. The van der Waals surface area contributed by atoms with Crippen molar-refractivity contribution in [1.82, 2.24) is 5.32 Å². The van der Waals surface area contributed by atoms with Crippen LogP contribution in [-0.2, 0) is 17.6 Å². The summed E-state index contributed by atoms with van der Waals surface area (Å²) in [5.74, 6) is 0. The Morgan fingerprint density at radius 1 is 1.39 bits per heavy atom. The fourth-order valence-electron chi connectivity index (χ4n) is 2.75. The zero-order valence-corrected chi connectivity index (χ0v) is 11.1. The van der Waals surface area contributed by atoms with Crippen molar-refractivity contribution in [1.29, 1.82) is 0 Å². The fourth-order valence-corrected chi connectivity index (χ4v) is 2.75. The standard InChI is InChI=1S/C15H23NO2/c1-18-11-15(8-9-17)16-14-7-6-12-4-2-3-5-13(12)10-14/h2-5,14-17H,6-11H2,1H3. The van der Waals surface area contributed by atoms with E-state index in [0.29, 0.717) is 12.6 Å². The molecule has 18 heavy (non-hydrogen) atoms. The summed E-state index contributed by atoms with van der Waals surface area (Å²) in [6, 6.07) is 9.45. The van der Waals surface area contributed by atoms with Crippen LogP contribution >= 0.6 is 0 Å². The summed E-state index contributed by atoms with van der Waals surface area (Å²) < 4.78 is 5.19. The van der Waals surface area contributed by atoms with Crippen LogP contribution < -0.4 is 5.32 Å². The predicted octanol–water partition coefficient (Wildman–Crippen LogP) is 1.53. The number of hydrogen-bond acceptors (Lipinski definition) is 3. The first-order valence-electron chi connectivity index (χ1n) is 6.76. The Hall–Kier alpha value is -0.900. The van der Waals surface area contributed by atoms with E-state index in [9.17, 15) is 0 Å². The van der Waals surface area contributed by atoms with E-state index in [2.05, 4.69) is 29.6 Å². The van der Waals surface area contributed by atoms with Gasteiger partial charge in [-0.05, 0) is 36.8 Å². The van der Waals surface area contributed by atoms with E-state index in [1.165, 1.54) is 17.5 Å². The molecule has 100 valence electrons. The van der Waals surface area contributed by atoms with Crippen molar-refractivity contribution in [2.24, 2.45) is 0 Å². The van der Waals surface area contributed by atoms with Crippen LogP contribution in [0.5, 0.6) is 0 Å². The van der Waals surface area contributed by atoms with Gasteiger partial charge in [-0.2, -0.15) is 0 Å². The summed E-state index contributed by atoms with van der Waals surface area (Å²) in [6.07, 6.45) is 4.16. The van der Waals surface area contributed by atoms with Gasteiger partial charge in [-0.15, -0.1) is 0 Å². The molecular formula is C15H23NO2. The van der Waals surface area contributed by atoms with Gasteiger partial charge in [0.1, 0.15) is 0 Å². The van der Waals surface area contributed by atoms with Crippen LogP contribution in [0, 0.1) is 0 Å². The Morgan fingerprint density at radius 3 is 2.89 bits per heavy atom. The van der Waals surface area contributed by atoms with Gasteiger partial charge in [0.15, 0.2) is 0 Å². The molecule has 3 heteroatoms. The lowest BCUT2D eigenvalue weighted by Crippen LogP contribution is -2.44. The number of rotatable bonds is 6. The van der Waals surface area contributed by atoms with E-state index in [1.807, 2.05) is 0 Å². The quantitative estimate of drug-likeness (QED) is 0.803. The largest absolute Gasteiger partial charge is 0.396 e. The molecule has 0 aromatic heterocycles. The van der Waals surface area contributed by atoms with Crippen LogP contribution in [0.4, 0.5) is 0 Å². The van der Waals surface area contributed by atoms with Crippen LogP contribution in [0.25, 0.3) is 0 Å². The zero-order valence-electron chi connectivity index (χ0n) is 11.1.